The van der Waals surface area contributed by atoms with Gasteiger partial charge in [0, 0.05) is 19.4 Å². The Morgan fingerprint density at radius 3 is 2.41 bits per heavy atom. The molecule has 1 aromatic rings. The molecule has 2 rings (SSSR count). The summed E-state index contributed by atoms with van der Waals surface area (Å²) >= 11 is 0. The van der Waals surface area contributed by atoms with Crippen LogP contribution in [0.15, 0.2) is 23.8 Å². The van der Waals surface area contributed by atoms with E-state index >= 15 is 0 Å². The Morgan fingerprint density at radius 2 is 1.83 bits per heavy atom. The van der Waals surface area contributed by atoms with E-state index in [1.54, 1.807) is 6.07 Å². The van der Waals surface area contributed by atoms with Crippen molar-refractivity contribution in [2.24, 2.45) is 0 Å². The van der Waals surface area contributed by atoms with Crippen molar-refractivity contribution >= 4 is 18.0 Å². The molecule has 0 amide bonds. The number of hydrogen-bond donors (Lipinski definition) is 0. The van der Waals surface area contributed by atoms with Crippen molar-refractivity contribution in [2.45, 2.75) is 79.2 Å². The first kappa shape index (κ1) is 22.7. The molecule has 0 saturated carbocycles. The van der Waals surface area contributed by atoms with Gasteiger partial charge in [-0.05, 0) is 64.7 Å². The highest BCUT2D eigenvalue weighted by Crippen LogP contribution is 2.47. The highest BCUT2D eigenvalue weighted by atomic mass is 16.6. The molecule has 29 heavy (non-hydrogen) atoms. The molecule has 0 radical (unpaired) electrons. The molecule has 1 atom stereocenters. The predicted molar refractivity (Wildman–Crippen MR) is 114 cm³/mol. The van der Waals surface area contributed by atoms with E-state index in [2.05, 4.69) is 26.8 Å². The minimum atomic E-state index is -0.551. The van der Waals surface area contributed by atoms with E-state index < -0.39 is 17.5 Å². The van der Waals surface area contributed by atoms with Gasteiger partial charge in [0.15, 0.2) is 11.5 Å². The monoisotopic (exact) mass is 400 g/mol. The van der Waals surface area contributed by atoms with Gasteiger partial charge in [0.1, 0.15) is 11.4 Å². The Kier molecular flexibility index (Phi) is 7.66. The van der Waals surface area contributed by atoms with E-state index in [-0.39, 0.29) is 0 Å². The Hall–Kier alpha value is -2.56. The van der Waals surface area contributed by atoms with Crippen LogP contribution in [0, 0.1) is 0 Å². The highest BCUT2D eigenvalue weighted by molar-refractivity contribution is 5.80. The molecule has 0 aromatic heterocycles. The van der Waals surface area contributed by atoms with Gasteiger partial charge in [0.05, 0.1) is 5.56 Å². The van der Waals surface area contributed by atoms with Crippen LogP contribution in [0.2, 0.25) is 0 Å². The molecule has 0 spiro atoms. The second kappa shape index (κ2) is 9.77. The lowest BCUT2D eigenvalue weighted by Gasteiger charge is -2.33. The van der Waals surface area contributed by atoms with Crippen LogP contribution >= 0.6 is 0 Å². The van der Waals surface area contributed by atoms with E-state index in [4.69, 9.17) is 14.2 Å². The number of esters is 2. The molecule has 0 N–H and O–H groups in total. The van der Waals surface area contributed by atoms with Crippen molar-refractivity contribution in [3.05, 3.63) is 34.9 Å². The number of hydrogen-bond acceptors (Lipinski definition) is 5. The third kappa shape index (κ3) is 6.21. The summed E-state index contributed by atoms with van der Waals surface area (Å²) in [6, 6.07) is 1.79. The van der Waals surface area contributed by atoms with Gasteiger partial charge in [0.25, 0.3) is 0 Å². The van der Waals surface area contributed by atoms with Gasteiger partial charge in [-0.25, -0.2) is 0 Å². The maximum atomic E-state index is 11.8. The van der Waals surface area contributed by atoms with Crippen LogP contribution in [0.4, 0.5) is 0 Å². The molecular weight excluding hydrogens is 368 g/mol. The maximum Gasteiger partial charge on any atom is 0.308 e. The molecule has 0 saturated heterocycles. The molecule has 1 aromatic carbocycles. The Labute approximate surface area is 173 Å². The number of benzene rings is 1. The van der Waals surface area contributed by atoms with E-state index in [1.165, 1.54) is 19.4 Å². The third-order valence-corrected chi connectivity index (χ3v) is 4.74. The second-order valence-electron chi connectivity index (χ2n) is 7.96. The zero-order chi connectivity index (χ0) is 21.6. The number of fused-ring (bicyclic) bond motifs is 1. The quantitative estimate of drug-likeness (QED) is 0.314. The van der Waals surface area contributed by atoms with Crippen molar-refractivity contribution in [1.29, 1.82) is 0 Å². The first-order valence-corrected chi connectivity index (χ1v) is 10.2. The maximum absolute atomic E-state index is 11.8. The molecule has 5 nitrogen and oxygen atoms in total. The molecular formula is C24H32O5. The summed E-state index contributed by atoms with van der Waals surface area (Å²) in [4.78, 5) is 23.4. The van der Waals surface area contributed by atoms with Gasteiger partial charge in [-0.1, -0.05) is 25.0 Å². The molecule has 0 aliphatic carbocycles. The molecule has 1 unspecified atom stereocenters. The summed E-state index contributed by atoms with van der Waals surface area (Å²) in [5.41, 5.74) is 2.13. The Morgan fingerprint density at radius 1 is 1.14 bits per heavy atom. The van der Waals surface area contributed by atoms with Crippen molar-refractivity contribution in [3.8, 4) is 17.2 Å². The third-order valence-electron chi connectivity index (χ3n) is 4.74. The van der Waals surface area contributed by atoms with Crippen LogP contribution in [-0.2, 0) is 16.0 Å². The number of rotatable bonds is 8. The lowest BCUT2D eigenvalue weighted by Crippen LogP contribution is -2.32. The van der Waals surface area contributed by atoms with Crippen LogP contribution in [-0.4, -0.2) is 17.5 Å². The number of unbranched alkanes of at least 4 members (excludes halogenated alkanes) is 1. The minimum Gasteiger partial charge on any atom is -0.479 e. The van der Waals surface area contributed by atoms with Crippen molar-refractivity contribution < 1.29 is 23.8 Å². The average molecular weight is 401 g/mol. The smallest absolute Gasteiger partial charge is 0.308 e. The van der Waals surface area contributed by atoms with E-state index in [1.807, 2.05) is 19.1 Å². The first-order valence-electron chi connectivity index (χ1n) is 10.2. The summed E-state index contributed by atoms with van der Waals surface area (Å²) in [7, 11) is 0. The number of carbonyl (C=O) groups excluding carboxylic acids is 2. The number of carbonyl (C=O) groups is 2. The van der Waals surface area contributed by atoms with Gasteiger partial charge in [-0.2, -0.15) is 0 Å². The lowest BCUT2D eigenvalue weighted by molar-refractivity contribution is -0.133. The first-order chi connectivity index (χ1) is 13.6. The number of allylic oxidation sites excluding steroid dienone is 2. The largest absolute Gasteiger partial charge is 0.479 e. The molecule has 1 aliphatic heterocycles. The standard InChI is InChI=1S/C24H32O5/c1-7-8-11-19-15-21(27-17(4)25)20-12-14-24(6,13-9-10-16(2)3)29-23(20)22(19)28-18(5)26/h10,12,14-15H,7-9,11,13H2,1-6H3. The lowest BCUT2D eigenvalue weighted by atomic mass is 9.93. The van der Waals surface area contributed by atoms with Gasteiger partial charge < -0.3 is 14.2 Å². The van der Waals surface area contributed by atoms with Crippen LogP contribution in [0.1, 0.15) is 78.4 Å². The molecule has 1 aliphatic rings. The van der Waals surface area contributed by atoms with E-state index in [9.17, 15) is 9.59 Å². The SMILES string of the molecule is CCCCc1cc(OC(C)=O)c2c(c1OC(C)=O)OC(C)(CCC=C(C)C)C=C2. The predicted octanol–water partition coefficient (Wildman–Crippen LogP) is 5.79. The van der Waals surface area contributed by atoms with Crippen molar-refractivity contribution in [2.75, 3.05) is 0 Å². The van der Waals surface area contributed by atoms with Gasteiger partial charge in [0.2, 0.25) is 0 Å². The second-order valence-corrected chi connectivity index (χ2v) is 7.96. The Bertz CT molecular complexity index is 830. The van der Waals surface area contributed by atoms with Gasteiger partial charge >= 0.3 is 11.9 Å². The zero-order valence-corrected chi connectivity index (χ0v) is 18.4. The van der Waals surface area contributed by atoms with Crippen LogP contribution in [0.3, 0.4) is 0 Å². The number of ether oxygens (including phenoxy) is 3. The normalized spacial score (nSPS) is 17.2. The molecule has 158 valence electrons. The highest BCUT2D eigenvalue weighted by Gasteiger charge is 2.33. The van der Waals surface area contributed by atoms with Crippen molar-refractivity contribution in [1.82, 2.24) is 0 Å². The fourth-order valence-corrected chi connectivity index (χ4v) is 3.30. The van der Waals surface area contributed by atoms with Gasteiger partial charge in [-0.3, -0.25) is 9.59 Å². The van der Waals surface area contributed by atoms with Crippen molar-refractivity contribution in [3.63, 3.8) is 0 Å². The summed E-state index contributed by atoms with van der Waals surface area (Å²) in [5, 5.41) is 0. The summed E-state index contributed by atoms with van der Waals surface area (Å²) in [6.07, 6.45) is 10.3. The fraction of sp³-hybridized carbons (Fsp3) is 0.500. The molecule has 0 bridgehead atoms. The van der Waals surface area contributed by atoms with Crippen LogP contribution in [0.5, 0.6) is 17.2 Å². The van der Waals surface area contributed by atoms with Gasteiger partial charge in [-0.15, -0.1) is 0 Å². The topological polar surface area (TPSA) is 61.8 Å². The molecule has 5 heteroatoms. The van der Waals surface area contributed by atoms with Crippen LogP contribution < -0.4 is 14.2 Å². The Balaban J connectivity index is 2.54. The van der Waals surface area contributed by atoms with E-state index in [0.29, 0.717) is 29.2 Å². The minimum absolute atomic E-state index is 0.404. The zero-order valence-electron chi connectivity index (χ0n) is 18.4. The average Bonchev–Trinajstić information content (AvgIpc) is 2.61. The van der Waals surface area contributed by atoms with E-state index in [0.717, 1.165) is 31.2 Å². The molecule has 1 heterocycles. The number of aryl methyl sites for hydroxylation is 1. The summed E-state index contributed by atoms with van der Waals surface area (Å²) < 4.78 is 17.4. The summed E-state index contributed by atoms with van der Waals surface area (Å²) in [6.45, 7) is 11.0. The molecule has 0 fully saturated rings. The fourth-order valence-electron chi connectivity index (χ4n) is 3.30. The summed E-state index contributed by atoms with van der Waals surface area (Å²) in [5.74, 6) is 0.507. The van der Waals surface area contributed by atoms with Crippen LogP contribution in [0.25, 0.3) is 6.08 Å².